The maximum Gasteiger partial charge on any atom is 0.573 e. The molecule has 0 saturated heterocycles. The van der Waals surface area contributed by atoms with E-state index >= 15 is 0 Å². The summed E-state index contributed by atoms with van der Waals surface area (Å²) >= 11 is 0. The van der Waals surface area contributed by atoms with Gasteiger partial charge < -0.3 is 21.7 Å². The topological polar surface area (TPSA) is 9.23 Å². The fourth-order valence-corrected chi connectivity index (χ4v) is 8.14. The Labute approximate surface area is 197 Å². The average molecular weight is 517 g/mol. The van der Waals surface area contributed by atoms with Gasteiger partial charge in [0.05, 0.1) is 0 Å². The van der Waals surface area contributed by atoms with Crippen molar-refractivity contribution in [3.8, 4) is 5.75 Å². The van der Waals surface area contributed by atoms with E-state index in [0.717, 1.165) is 15.9 Å². The maximum absolute atomic E-state index is 13.1. The largest absolute Gasteiger partial charge is 1.00 e. The third-order valence-electron chi connectivity index (χ3n) is 5.20. The third-order valence-corrected chi connectivity index (χ3v) is 9.55. The van der Waals surface area contributed by atoms with E-state index in [4.69, 9.17) is 0 Å². The van der Waals surface area contributed by atoms with Crippen molar-refractivity contribution in [3.05, 3.63) is 121 Å². The number of alkyl halides is 3. The van der Waals surface area contributed by atoms with Crippen molar-refractivity contribution in [2.75, 3.05) is 0 Å². The van der Waals surface area contributed by atoms with Gasteiger partial charge in [-0.15, -0.1) is 13.2 Å². The van der Waals surface area contributed by atoms with E-state index in [2.05, 4.69) is 41.1 Å². The lowest BCUT2D eigenvalue weighted by molar-refractivity contribution is -0.274. The van der Waals surface area contributed by atoms with Gasteiger partial charge in [-0.2, -0.15) is 0 Å². The summed E-state index contributed by atoms with van der Waals surface area (Å²) in [5, 5.41) is 3.32. The minimum absolute atomic E-state index is 0. The van der Waals surface area contributed by atoms with Crippen LogP contribution in [0.5, 0.6) is 5.75 Å². The summed E-state index contributed by atoms with van der Waals surface area (Å²) in [5.74, 6) is -0.151. The quantitative estimate of drug-likeness (QED) is 0.358. The fraction of sp³-hybridized carbons (Fsp3) is 0.0769. The molecule has 164 valence electrons. The lowest BCUT2D eigenvalue weighted by Gasteiger charge is -2.28. The molecule has 0 aliphatic rings. The lowest BCUT2D eigenvalue weighted by Crippen LogP contribution is -3.00. The number of hydrogen-bond acceptors (Lipinski definition) is 1. The van der Waals surface area contributed by atoms with E-state index in [0.29, 0.717) is 11.7 Å². The smallest absolute Gasteiger partial charge is 0.573 e. The highest BCUT2D eigenvalue weighted by atomic mass is 79.9. The Morgan fingerprint density at radius 2 is 0.938 bits per heavy atom. The molecule has 0 bridgehead atoms. The molecule has 0 spiro atoms. The van der Waals surface area contributed by atoms with E-state index in [1.165, 1.54) is 6.07 Å². The number of para-hydroxylation sites is 1. The molecule has 0 atom stereocenters. The highest BCUT2D eigenvalue weighted by Crippen LogP contribution is 2.59. The standard InChI is InChI=1S/C26H21F3OP.BrH/c27-26(28,29)30-25-19-11-10-12-21(25)20-31(22-13-4-1-5-14-22,23-15-6-2-7-16-23)24-17-8-3-9-18-24;/h1-19H,20H2;1H/q+1;/p-1. The number of benzene rings is 4. The molecule has 4 rings (SSSR count). The van der Waals surface area contributed by atoms with Crippen LogP contribution in [0.2, 0.25) is 0 Å². The van der Waals surface area contributed by atoms with Gasteiger partial charge in [-0.05, 0) is 42.5 Å². The molecule has 0 N–H and O–H groups in total. The first-order valence-electron chi connectivity index (χ1n) is 9.88. The van der Waals surface area contributed by atoms with Crippen LogP contribution in [0.25, 0.3) is 0 Å². The van der Waals surface area contributed by atoms with Crippen LogP contribution < -0.4 is 37.6 Å². The highest BCUT2D eigenvalue weighted by molar-refractivity contribution is 7.95. The predicted molar refractivity (Wildman–Crippen MR) is 122 cm³/mol. The zero-order valence-electron chi connectivity index (χ0n) is 17.0. The second-order valence-corrected chi connectivity index (χ2v) is 10.6. The lowest BCUT2D eigenvalue weighted by atomic mass is 10.2. The van der Waals surface area contributed by atoms with Crippen LogP contribution in [-0.4, -0.2) is 6.36 Å². The molecule has 0 heterocycles. The van der Waals surface area contributed by atoms with Gasteiger partial charge in [-0.3, -0.25) is 0 Å². The van der Waals surface area contributed by atoms with E-state index in [1.807, 2.05) is 54.6 Å². The molecule has 0 unspecified atom stereocenters. The maximum atomic E-state index is 13.1. The Balaban J connectivity index is 0.00000289. The summed E-state index contributed by atoms with van der Waals surface area (Å²) in [6.07, 6.45) is -4.33. The van der Waals surface area contributed by atoms with Crippen molar-refractivity contribution in [1.82, 2.24) is 0 Å². The van der Waals surface area contributed by atoms with Gasteiger partial charge in [0.1, 0.15) is 35.1 Å². The molecule has 4 aromatic rings. The summed E-state index contributed by atoms with van der Waals surface area (Å²) in [5.41, 5.74) is 0.532. The zero-order chi connectivity index (χ0) is 21.7. The molecule has 1 nitrogen and oxygen atoms in total. The van der Waals surface area contributed by atoms with E-state index in [1.54, 1.807) is 18.2 Å². The summed E-state index contributed by atoms with van der Waals surface area (Å²) in [4.78, 5) is 0. The number of rotatable bonds is 6. The van der Waals surface area contributed by atoms with Gasteiger partial charge in [-0.1, -0.05) is 72.8 Å². The van der Waals surface area contributed by atoms with Crippen LogP contribution >= 0.6 is 7.26 Å². The van der Waals surface area contributed by atoms with E-state index in [9.17, 15) is 13.2 Å². The van der Waals surface area contributed by atoms with Crippen LogP contribution in [0.3, 0.4) is 0 Å². The van der Waals surface area contributed by atoms with Gasteiger partial charge in [-0.25, -0.2) is 0 Å². The minimum Gasteiger partial charge on any atom is -1.00 e. The molecule has 0 aromatic heterocycles. The normalized spacial score (nSPS) is 11.5. The second-order valence-electron chi connectivity index (χ2n) is 7.13. The van der Waals surface area contributed by atoms with Gasteiger partial charge in [0.15, 0.2) is 0 Å². The van der Waals surface area contributed by atoms with Crippen molar-refractivity contribution in [1.29, 1.82) is 0 Å². The van der Waals surface area contributed by atoms with Gasteiger partial charge in [0, 0.05) is 5.56 Å². The summed E-state index contributed by atoms with van der Waals surface area (Å²) in [6, 6.07) is 36.6. The van der Waals surface area contributed by atoms with Crippen molar-refractivity contribution in [2.45, 2.75) is 12.5 Å². The highest BCUT2D eigenvalue weighted by Gasteiger charge is 2.46. The van der Waals surface area contributed by atoms with Crippen molar-refractivity contribution in [2.24, 2.45) is 0 Å². The number of hydrogen-bond donors (Lipinski definition) is 0. The Hall–Kier alpha value is -2.62. The molecular formula is C26H21BrF3OP. The number of ether oxygens (including phenoxy) is 1. The van der Waals surface area contributed by atoms with Gasteiger partial charge in [0.2, 0.25) is 0 Å². The fourth-order valence-electron chi connectivity index (χ4n) is 3.88. The SMILES string of the molecule is FC(F)(F)Oc1ccccc1C[P+](c1ccccc1)(c1ccccc1)c1ccccc1.[Br-]. The zero-order valence-corrected chi connectivity index (χ0v) is 19.5. The van der Waals surface area contributed by atoms with Gasteiger partial charge in [0.25, 0.3) is 0 Å². The van der Waals surface area contributed by atoms with Crippen LogP contribution in [0.15, 0.2) is 115 Å². The number of halogens is 4. The molecular weight excluding hydrogens is 496 g/mol. The molecule has 6 heteroatoms. The monoisotopic (exact) mass is 516 g/mol. The second kappa shape index (κ2) is 10.3. The molecule has 0 aliphatic carbocycles. The predicted octanol–water partition coefficient (Wildman–Crippen LogP) is 3.08. The Kier molecular flexibility index (Phi) is 7.76. The first-order chi connectivity index (χ1) is 15.0. The Morgan fingerprint density at radius 3 is 1.34 bits per heavy atom. The molecule has 0 saturated carbocycles. The van der Waals surface area contributed by atoms with Crippen molar-refractivity contribution >= 4 is 23.2 Å². The van der Waals surface area contributed by atoms with E-state index < -0.39 is 13.6 Å². The average Bonchev–Trinajstić information content (AvgIpc) is 2.79. The molecule has 4 aromatic carbocycles. The first kappa shape index (κ1) is 24.0. The Morgan fingerprint density at radius 1 is 0.562 bits per heavy atom. The molecule has 0 fully saturated rings. The van der Waals surface area contributed by atoms with Crippen LogP contribution in [0.4, 0.5) is 13.2 Å². The van der Waals surface area contributed by atoms with Crippen LogP contribution in [0, 0.1) is 0 Å². The summed E-state index contributed by atoms with van der Waals surface area (Å²) in [6.45, 7) is 0. The summed E-state index contributed by atoms with van der Waals surface area (Å²) < 4.78 is 43.7. The van der Waals surface area contributed by atoms with Gasteiger partial charge >= 0.3 is 6.36 Å². The molecule has 0 radical (unpaired) electrons. The summed E-state index contributed by atoms with van der Waals surface area (Å²) in [7, 11) is -2.31. The van der Waals surface area contributed by atoms with E-state index in [-0.39, 0.29) is 22.7 Å². The van der Waals surface area contributed by atoms with Crippen LogP contribution in [-0.2, 0) is 6.16 Å². The van der Waals surface area contributed by atoms with Crippen molar-refractivity contribution < 1.29 is 34.9 Å². The van der Waals surface area contributed by atoms with Crippen molar-refractivity contribution in [3.63, 3.8) is 0 Å². The molecule has 0 amide bonds. The molecule has 0 aliphatic heterocycles. The first-order valence-corrected chi connectivity index (χ1v) is 11.8. The Bertz CT molecular complexity index is 1020. The third kappa shape index (κ3) is 5.23. The molecule has 32 heavy (non-hydrogen) atoms. The van der Waals surface area contributed by atoms with Crippen LogP contribution in [0.1, 0.15) is 5.56 Å². The minimum atomic E-state index is -4.75.